The average molecular weight is 606 g/mol. The molecule has 0 aliphatic heterocycles. The Morgan fingerprint density at radius 3 is 2.12 bits per heavy atom. The summed E-state index contributed by atoms with van der Waals surface area (Å²) in [5, 5.41) is 3.14. The van der Waals surface area contributed by atoms with Crippen molar-refractivity contribution in [3.63, 3.8) is 0 Å². The van der Waals surface area contributed by atoms with Crippen molar-refractivity contribution in [2.75, 3.05) is 25.0 Å². The summed E-state index contributed by atoms with van der Waals surface area (Å²) in [6.45, 7) is -0.560. The van der Waals surface area contributed by atoms with Gasteiger partial charge in [-0.25, -0.2) is 8.42 Å². The number of benzene rings is 4. The van der Waals surface area contributed by atoms with E-state index in [0.717, 1.165) is 9.87 Å². The van der Waals surface area contributed by atoms with E-state index >= 15 is 0 Å². The van der Waals surface area contributed by atoms with E-state index in [1.807, 2.05) is 30.3 Å². The molecule has 0 aromatic heterocycles. The van der Waals surface area contributed by atoms with Crippen LogP contribution in [0.2, 0.25) is 5.02 Å². The van der Waals surface area contributed by atoms with Crippen molar-refractivity contribution in [3.05, 3.63) is 125 Å². The zero-order chi connectivity index (χ0) is 30.1. The molecule has 1 N–H and O–H groups in total. The number of carbonyl (C=O) groups excluding carboxylic acids is 2. The molecule has 0 saturated heterocycles. The summed E-state index contributed by atoms with van der Waals surface area (Å²) in [6.07, 6.45) is 0.215. The van der Waals surface area contributed by atoms with Gasteiger partial charge in [0.15, 0.2) is 0 Å². The summed E-state index contributed by atoms with van der Waals surface area (Å²) in [6, 6.07) is 29.8. The predicted molar refractivity (Wildman–Crippen MR) is 164 cm³/mol. The van der Waals surface area contributed by atoms with Crippen LogP contribution in [0.1, 0.15) is 11.1 Å². The summed E-state index contributed by atoms with van der Waals surface area (Å²) < 4.78 is 34.5. The average Bonchev–Trinajstić information content (AvgIpc) is 3.02. The third kappa shape index (κ3) is 7.29. The van der Waals surface area contributed by atoms with Crippen LogP contribution in [-0.4, -0.2) is 51.9 Å². The molecule has 0 radical (unpaired) electrons. The number of para-hydroxylation sites is 2. The molecule has 1 atom stereocenters. The molecule has 8 nitrogen and oxygen atoms in total. The maximum Gasteiger partial charge on any atom is 0.264 e. The van der Waals surface area contributed by atoms with Gasteiger partial charge in [0.05, 0.1) is 17.7 Å². The van der Waals surface area contributed by atoms with Crippen LogP contribution in [-0.2, 0) is 32.6 Å². The van der Waals surface area contributed by atoms with E-state index in [2.05, 4.69) is 5.32 Å². The molecule has 42 heavy (non-hydrogen) atoms. The largest absolute Gasteiger partial charge is 0.495 e. The molecule has 4 aromatic rings. The second kappa shape index (κ2) is 14.0. The Hall–Kier alpha value is -4.34. The predicted octanol–water partition coefficient (Wildman–Crippen LogP) is 4.93. The number of likely N-dealkylation sites (N-methyl/N-ethyl adjacent to an activating group) is 1. The van der Waals surface area contributed by atoms with Crippen LogP contribution in [0.25, 0.3) is 0 Å². The van der Waals surface area contributed by atoms with Crippen molar-refractivity contribution in [3.8, 4) is 5.75 Å². The van der Waals surface area contributed by atoms with E-state index in [0.29, 0.717) is 10.6 Å². The number of methoxy groups -OCH3 is 1. The van der Waals surface area contributed by atoms with Gasteiger partial charge in [-0.3, -0.25) is 13.9 Å². The van der Waals surface area contributed by atoms with E-state index in [-0.39, 0.29) is 35.2 Å². The lowest BCUT2D eigenvalue weighted by Crippen LogP contribution is -2.53. The number of anilines is 1. The van der Waals surface area contributed by atoms with Crippen molar-refractivity contribution in [1.29, 1.82) is 0 Å². The molecule has 10 heteroatoms. The van der Waals surface area contributed by atoms with Gasteiger partial charge < -0.3 is 15.0 Å². The van der Waals surface area contributed by atoms with Crippen molar-refractivity contribution in [2.45, 2.75) is 23.9 Å². The van der Waals surface area contributed by atoms with Gasteiger partial charge in [0.2, 0.25) is 11.8 Å². The fourth-order valence-corrected chi connectivity index (χ4v) is 6.28. The highest BCUT2D eigenvalue weighted by Gasteiger charge is 2.35. The first-order chi connectivity index (χ1) is 20.2. The van der Waals surface area contributed by atoms with Gasteiger partial charge in [0.25, 0.3) is 10.0 Å². The minimum absolute atomic E-state index is 0.0113. The van der Waals surface area contributed by atoms with Crippen molar-refractivity contribution >= 4 is 39.1 Å². The van der Waals surface area contributed by atoms with Gasteiger partial charge in [-0.05, 0) is 47.5 Å². The molecule has 0 saturated carbocycles. The lowest BCUT2D eigenvalue weighted by atomic mass is 10.0. The maximum absolute atomic E-state index is 14.3. The number of halogens is 1. The third-order valence-corrected chi connectivity index (χ3v) is 8.73. The number of nitrogens with zero attached hydrogens (tertiary/aromatic N) is 2. The Morgan fingerprint density at radius 1 is 0.857 bits per heavy atom. The van der Waals surface area contributed by atoms with Crippen LogP contribution in [0, 0.1) is 0 Å². The first-order valence-corrected chi connectivity index (χ1v) is 15.1. The van der Waals surface area contributed by atoms with Crippen LogP contribution < -0.4 is 14.4 Å². The summed E-state index contributed by atoms with van der Waals surface area (Å²) >= 11 is 6.25. The smallest absolute Gasteiger partial charge is 0.264 e. The van der Waals surface area contributed by atoms with Crippen molar-refractivity contribution in [2.24, 2.45) is 0 Å². The highest BCUT2D eigenvalue weighted by atomic mass is 35.5. The van der Waals surface area contributed by atoms with Crippen LogP contribution in [0.3, 0.4) is 0 Å². The monoisotopic (exact) mass is 605 g/mol. The molecule has 0 fully saturated rings. The number of amides is 2. The zero-order valence-corrected chi connectivity index (χ0v) is 24.9. The van der Waals surface area contributed by atoms with E-state index in [4.69, 9.17) is 16.3 Å². The summed E-state index contributed by atoms with van der Waals surface area (Å²) in [4.78, 5) is 29.0. The maximum atomic E-state index is 14.3. The molecule has 0 aliphatic carbocycles. The molecule has 0 heterocycles. The molecular weight excluding hydrogens is 574 g/mol. The standard InChI is InChI=1S/C32H32ClN3O5S/c1-34-32(38)29(21-24-12-5-3-6-13-24)35(22-25-14-11-15-26(33)20-25)31(37)23-36(28-18-9-10-19-30(28)41-2)42(39,40)27-16-7-4-8-17-27/h3-20,29H,21-23H2,1-2H3,(H,34,38). The van der Waals surface area contributed by atoms with Gasteiger partial charge in [-0.15, -0.1) is 0 Å². The Labute approximate surface area is 251 Å². The highest BCUT2D eigenvalue weighted by Crippen LogP contribution is 2.32. The van der Waals surface area contributed by atoms with Crippen LogP contribution >= 0.6 is 11.6 Å². The quantitative estimate of drug-likeness (QED) is 0.247. The van der Waals surface area contributed by atoms with Gasteiger partial charge in [0, 0.05) is 25.0 Å². The molecule has 1 unspecified atom stereocenters. The van der Waals surface area contributed by atoms with E-state index in [9.17, 15) is 18.0 Å². The normalized spacial score (nSPS) is 11.8. The number of carbonyl (C=O) groups is 2. The number of hydrogen-bond acceptors (Lipinski definition) is 5. The Kier molecular flexibility index (Phi) is 10.2. The molecule has 0 bridgehead atoms. The second-order valence-electron chi connectivity index (χ2n) is 9.47. The lowest BCUT2D eigenvalue weighted by Gasteiger charge is -2.34. The number of ether oxygens (including phenoxy) is 1. The topological polar surface area (TPSA) is 96.0 Å². The number of hydrogen-bond donors (Lipinski definition) is 1. The molecule has 0 spiro atoms. The number of rotatable bonds is 12. The lowest BCUT2D eigenvalue weighted by molar-refractivity contribution is -0.139. The van der Waals surface area contributed by atoms with E-state index in [1.54, 1.807) is 66.7 Å². The Morgan fingerprint density at radius 2 is 1.48 bits per heavy atom. The summed E-state index contributed by atoms with van der Waals surface area (Å²) in [5.41, 5.74) is 1.72. The fourth-order valence-electron chi connectivity index (χ4n) is 4.62. The SMILES string of the molecule is CNC(=O)C(Cc1ccccc1)N(Cc1cccc(Cl)c1)C(=O)CN(c1ccccc1OC)S(=O)(=O)c1ccccc1. The van der Waals surface area contributed by atoms with Gasteiger partial charge in [-0.1, -0.05) is 84.4 Å². The third-order valence-electron chi connectivity index (χ3n) is 6.72. The fraction of sp³-hybridized carbons (Fsp3) is 0.188. The molecule has 4 aromatic carbocycles. The molecule has 2 amide bonds. The van der Waals surface area contributed by atoms with Crippen LogP contribution in [0.4, 0.5) is 5.69 Å². The molecular formula is C32H32ClN3O5S. The van der Waals surface area contributed by atoms with Crippen LogP contribution in [0.15, 0.2) is 114 Å². The minimum atomic E-state index is -4.22. The summed E-state index contributed by atoms with van der Waals surface area (Å²) in [7, 11) is -1.29. The number of nitrogens with one attached hydrogen (secondary N) is 1. The molecule has 218 valence electrons. The Balaban J connectivity index is 1.81. The molecule has 0 aliphatic rings. The molecule has 4 rings (SSSR count). The zero-order valence-electron chi connectivity index (χ0n) is 23.3. The highest BCUT2D eigenvalue weighted by molar-refractivity contribution is 7.92. The van der Waals surface area contributed by atoms with Gasteiger partial charge in [0.1, 0.15) is 18.3 Å². The van der Waals surface area contributed by atoms with Crippen molar-refractivity contribution < 1.29 is 22.7 Å². The van der Waals surface area contributed by atoms with Crippen molar-refractivity contribution in [1.82, 2.24) is 10.2 Å². The van der Waals surface area contributed by atoms with Crippen LogP contribution in [0.5, 0.6) is 5.75 Å². The first kappa shape index (κ1) is 30.6. The van der Waals surface area contributed by atoms with E-state index in [1.165, 1.54) is 31.2 Å². The minimum Gasteiger partial charge on any atom is -0.495 e. The number of sulfonamides is 1. The van der Waals surface area contributed by atoms with E-state index < -0.39 is 28.5 Å². The Bertz CT molecular complexity index is 1620. The second-order valence-corrected chi connectivity index (χ2v) is 11.8. The first-order valence-electron chi connectivity index (χ1n) is 13.2. The van der Waals surface area contributed by atoms with Gasteiger partial charge >= 0.3 is 0 Å². The van der Waals surface area contributed by atoms with Gasteiger partial charge in [-0.2, -0.15) is 0 Å². The summed E-state index contributed by atoms with van der Waals surface area (Å²) in [5.74, 6) is -0.688.